The summed E-state index contributed by atoms with van der Waals surface area (Å²) in [6.45, 7) is 0. The molecule has 0 atom stereocenters. The number of imidazole rings is 1. The maximum Gasteiger partial charge on any atom is 0.337 e. The van der Waals surface area contributed by atoms with Crippen molar-refractivity contribution in [1.29, 1.82) is 0 Å². The van der Waals surface area contributed by atoms with Gasteiger partial charge < -0.3 is 10.1 Å². The second kappa shape index (κ2) is 4.97. The number of carboxylic acid groups (broad SMARTS) is 1. The van der Waals surface area contributed by atoms with Gasteiger partial charge in [-0.15, -0.1) is 0 Å². The van der Waals surface area contributed by atoms with Crippen LogP contribution < -0.4 is 0 Å². The Morgan fingerprint density at radius 1 is 1.19 bits per heavy atom. The molecule has 2 N–H and O–H groups in total. The summed E-state index contributed by atoms with van der Waals surface area (Å²) in [5.74, 6) is -2.55. The molecule has 0 spiro atoms. The Morgan fingerprint density at radius 2 is 1.95 bits per heavy atom. The number of nitrogens with one attached hydrogen (secondary N) is 1. The molecule has 0 aliphatic heterocycles. The summed E-state index contributed by atoms with van der Waals surface area (Å²) in [4.78, 5) is 18.2. The van der Waals surface area contributed by atoms with Gasteiger partial charge in [0.15, 0.2) is 11.6 Å². The molecule has 0 saturated heterocycles. The predicted molar refractivity (Wildman–Crippen MR) is 72.2 cm³/mol. The molecule has 0 aliphatic rings. The van der Waals surface area contributed by atoms with E-state index < -0.39 is 17.6 Å². The quantitative estimate of drug-likeness (QED) is 0.778. The summed E-state index contributed by atoms with van der Waals surface area (Å²) >= 11 is 0. The van der Waals surface area contributed by atoms with E-state index in [2.05, 4.69) is 9.97 Å². The van der Waals surface area contributed by atoms with Crippen LogP contribution in [-0.4, -0.2) is 21.0 Å². The van der Waals surface area contributed by atoms with Crippen molar-refractivity contribution in [2.75, 3.05) is 0 Å². The zero-order chi connectivity index (χ0) is 15.0. The molecule has 0 bridgehead atoms. The molecule has 3 rings (SSSR count). The number of para-hydroxylation sites is 1. The molecule has 106 valence electrons. The van der Waals surface area contributed by atoms with Gasteiger partial charge in [0.2, 0.25) is 0 Å². The summed E-state index contributed by atoms with van der Waals surface area (Å²) in [7, 11) is 0. The number of aromatic carboxylic acids is 1. The summed E-state index contributed by atoms with van der Waals surface area (Å²) in [5.41, 5.74) is 1.07. The van der Waals surface area contributed by atoms with E-state index in [1.54, 1.807) is 12.1 Å². The fourth-order valence-electron chi connectivity index (χ4n) is 2.20. The predicted octanol–water partition coefficient (Wildman–Crippen LogP) is 3.13. The zero-order valence-corrected chi connectivity index (χ0v) is 10.7. The molecule has 1 aromatic heterocycles. The number of carbonyl (C=O) groups is 1. The highest BCUT2D eigenvalue weighted by Crippen LogP contribution is 2.20. The Hall–Kier alpha value is -2.76. The van der Waals surface area contributed by atoms with Crippen molar-refractivity contribution in [1.82, 2.24) is 9.97 Å². The largest absolute Gasteiger partial charge is 0.478 e. The van der Waals surface area contributed by atoms with E-state index in [-0.39, 0.29) is 17.5 Å². The molecule has 3 aromatic rings. The highest BCUT2D eigenvalue weighted by molar-refractivity contribution is 6.00. The smallest absolute Gasteiger partial charge is 0.337 e. The topological polar surface area (TPSA) is 66.0 Å². The number of aromatic nitrogens is 2. The molecule has 0 aliphatic carbocycles. The Balaban J connectivity index is 2.04. The Labute approximate surface area is 118 Å². The van der Waals surface area contributed by atoms with Gasteiger partial charge in [-0.25, -0.2) is 18.6 Å². The van der Waals surface area contributed by atoms with Crippen molar-refractivity contribution < 1.29 is 18.7 Å². The zero-order valence-electron chi connectivity index (χ0n) is 10.7. The van der Waals surface area contributed by atoms with E-state index in [1.165, 1.54) is 18.2 Å². The average Bonchev–Trinajstić information content (AvgIpc) is 2.85. The molecule has 0 saturated carbocycles. The van der Waals surface area contributed by atoms with Crippen LogP contribution in [0.1, 0.15) is 21.7 Å². The van der Waals surface area contributed by atoms with Gasteiger partial charge in [0, 0.05) is 6.42 Å². The van der Waals surface area contributed by atoms with Crippen LogP contribution >= 0.6 is 0 Å². The summed E-state index contributed by atoms with van der Waals surface area (Å²) < 4.78 is 26.8. The van der Waals surface area contributed by atoms with Crippen LogP contribution in [0.4, 0.5) is 8.78 Å². The lowest BCUT2D eigenvalue weighted by Gasteiger charge is -2.01. The first-order valence-corrected chi connectivity index (χ1v) is 6.20. The molecule has 1 heterocycles. The SMILES string of the molecule is O=C(O)c1cccc2[nH]c(Cc3cccc(F)c3F)nc12. The van der Waals surface area contributed by atoms with Crippen molar-refractivity contribution in [2.24, 2.45) is 0 Å². The molecule has 0 amide bonds. The van der Waals surface area contributed by atoms with Gasteiger partial charge in [-0.2, -0.15) is 0 Å². The number of rotatable bonds is 3. The molecular formula is C15H10F2N2O2. The maximum atomic E-state index is 13.6. The number of nitrogens with zero attached hydrogens (tertiary/aromatic N) is 1. The average molecular weight is 288 g/mol. The van der Waals surface area contributed by atoms with Gasteiger partial charge >= 0.3 is 5.97 Å². The molecule has 21 heavy (non-hydrogen) atoms. The Bertz CT molecular complexity index is 843. The van der Waals surface area contributed by atoms with Crippen molar-refractivity contribution in [3.63, 3.8) is 0 Å². The fourth-order valence-corrected chi connectivity index (χ4v) is 2.20. The first-order valence-electron chi connectivity index (χ1n) is 6.20. The first kappa shape index (κ1) is 13.2. The number of hydrogen-bond acceptors (Lipinski definition) is 2. The fraction of sp³-hybridized carbons (Fsp3) is 0.0667. The number of hydrogen-bond donors (Lipinski definition) is 2. The monoisotopic (exact) mass is 288 g/mol. The van der Waals surface area contributed by atoms with Crippen LogP contribution in [0.3, 0.4) is 0 Å². The van der Waals surface area contributed by atoms with E-state index in [0.29, 0.717) is 16.9 Å². The third-order valence-electron chi connectivity index (χ3n) is 3.18. The molecule has 2 aromatic carbocycles. The third-order valence-corrected chi connectivity index (χ3v) is 3.18. The van der Waals surface area contributed by atoms with Crippen LogP contribution in [0.25, 0.3) is 11.0 Å². The van der Waals surface area contributed by atoms with Crippen LogP contribution in [0.5, 0.6) is 0 Å². The van der Waals surface area contributed by atoms with Gasteiger partial charge in [0.05, 0.1) is 11.1 Å². The second-order valence-corrected chi connectivity index (χ2v) is 4.58. The molecular weight excluding hydrogens is 278 g/mol. The van der Waals surface area contributed by atoms with E-state index in [9.17, 15) is 13.6 Å². The lowest BCUT2D eigenvalue weighted by molar-refractivity contribution is 0.0699. The minimum Gasteiger partial charge on any atom is -0.478 e. The Kier molecular flexibility index (Phi) is 3.13. The van der Waals surface area contributed by atoms with Crippen LogP contribution in [-0.2, 0) is 6.42 Å². The lowest BCUT2D eigenvalue weighted by Crippen LogP contribution is -1.98. The van der Waals surface area contributed by atoms with E-state index in [1.807, 2.05) is 0 Å². The number of aromatic amines is 1. The van der Waals surface area contributed by atoms with Crippen LogP contribution in [0.15, 0.2) is 36.4 Å². The van der Waals surface area contributed by atoms with Gasteiger partial charge in [0.25, 0.3) is 0 Å². The van der Waals surface area contributed by atoms with Gasteiger partial charge in [0.1, 0.15) is 11.3 Å². The second-order valence-electron chi connectivity index (χ2n) is 4.58. The number of H-pyrrole nitrogens is 1. The van der Waals surface area contributed by atoms with Crippen molar-refractivity contribution in [3.8, 4) is 0 Å². The minimum atomic E-state index is -1.09. The number of fused-ring (bicyclic) bond motifs is 1. The molecule has 0 fully saturated rings. The number of benzene rings is 2. The summed E-state index contributed by atoms with van der Waals surface area (Å²) in [6, 6.07) is 8.64. The molecule has 4 nitrogen and oxygen atoms in total. The van der Waals surface area contributed by atoms with Gasteiger partial charge in [-0.1, -0.05) is 18.2 Å². The lowest BCUT2D eigenvalue weighted by atomic mass is 10.1. The third kappa shape index (κ3) is 2.35. The van der Waals surface area contributed by atoms with Gasteiger partial charge in [-0.3, -0.25) is 0 Å². The van der Waals surface area contributed by atoms with Crippen LogP contribution in [0, 0.1) is 11.6 Å². The van der Waals surface area contributed by atoms with Crippen molar-refractivity contribution in [3.05, 3.63) is 65.0 Å². The number of carboxylic acids is 1. The highest BCUT2D eigenvalue weighted by atomic mass is 19.2. The van der Waals surface area contributed by atoms with Crippen LogP contribution in [0.2, 0.25) is 0 Å². The van der Waals surface area contributed by atoms with E-state index >= 15 is 0 Å². The van der Waals surface area contributed by atoms with Gasteiger partial charge in [-0.05, 0) is 23.8 Å². The summed E-state index contributed by atoms with van der Waals surface area (Å²) in [5, 5.41) is 9.10. The molecule has 6 heteroatoms. The maximum absolute atomic E-state index is 13.6. The Morgan fingerprint density at radius 3 is 2.71 bits per heavy atom. The van der Waals surface area contributed by atoms with Crippen molar-refractivity contribution in [2.45, 2.75) is 6.42 Å². The minimum absolute atomic E-state index is 0.0529. The van der Waals surface area contributed by atoms with E-state index in [4.69, 9.17) is 5.11 Å². The summed E-state index contributed by atoms with van der Waals surface area (Å²) in [6.07, 6.45) is 0.0529. The molecule has 0 unspecified atom stereocenters. The first-order chi connectivity index (χ1) is 10.1. The number of halogens is 2. The normalized spacial score (nSPS) is 11.0. The van der Waals surface area contributed by atoms with Crippen molar-refractivity contribution >= 4 is 17.0 Å². The standard InChI is InChI=1S/C15H10F2N2O2/c16-10-5-1-3-8(13(10)17)7-12-18-11-6-2-4-9(15(20)21)14(11)19-12/h1-6H,7H2,(H,18,19)(H,20,21). The van der Waals surface area contributed by atoms with E-state index in [0.717, 1.165) is 6.07 Å². The highest BCUT2D eigenvalue weighted by Gasteiger charge is 2.14. The molecule has 0 radical (unpaired) electrons.